The van der Waals surface area contributed by atoms with Gasteiger partial charge in [0.1, 0.15) is 0 Å². The number of hydrogen-bond donors (Lipinski definition) is 0. The van der Waals surface area contributed by atoms with Crippen molar-refractivity contribution in [3.63, 3.8) is 0 Å². The van der Waals surface area contributed by atoms with Crippen LogP contribution in [0.15, 0.2) is 0 Å². The molecule has 1 fully saturated rings. The van der Waals surface area contributed by atoms with Crippen LogP contribution in [0.1, 0.15) is 6.92 Å². The maximum Gasteiger partial charge on any atom is 0.361 e. The molecule has 0 aliphatic carbocycles. The molecule has 1 aliphatic heterocycles. The van der Waals surface area contributed by atoms with Crippen LogP contribution >= 0.6 is 0 Å². The number of esters is 2. The second-order valence-corrected chi connectivity index (χ2v) is 2.06. The van der Waals surface area contributed by atoms with E-state index in [2.05, 4.69) is 9.47 Å². The Kier molecular flexibility index (Phi) is 1.81. The van der Waals surface area contributed by atoms with Crippen LogP contribution in [-0.2, 0) is 19.1 Å². The standard InChI is InChI=1S/C7H6O4/c1-3-5-7(9)10-4(2)6(8)11-5/h1,4-5H,2H3/t4-,5-/m0/s1. The number of cyclic esters (lactones) is 2. The summed E-state index contributed by atoms with van der Waals surface area (Å²) in [7, 11) is 0. The highest BCUT2D eigenvalue weighted by atomic mass is 16.6. The van der Waals surface area contributed by atoms with Crippen LogP contribution in [0.3, 0.4) is 0 Å². The largest absolute Gasteiger partial charge is 0.447 e. The molecule has 1 aliphatic rings. The van der Waals surface area contributed by atoms with Gasteiger partial charge in [-0.3, -0.25) is 0 Å². The molecule has 0 spiro atoms. The summed E-state index contributed by atoms with van der Waals surface area (Å²) in [4.78, 5) is 21.5. The summed E-state index contributed by atoms with van der Waals surface area (Å²) in [6.07, 6.45) is 2.86. The third-order valence-electron chi connectivity index (χ3n) is 1.22. The van der Waals surface area contributed by atoms with Crippen molar-refractivity contribution in [2.45, 2.75) is 19.1 Å². The van der Waals surface area contributed by atoms with E-state index >= 15 is 0 Å². The first-order valence-electron chi connectivity index (χ1n) is 3.02. The zero-order chi connectivity index (χ0) is 8.43. The highest BCUT2D eigenvalue weighted by molar-refractivity contribution is 5.89. The summed E-state index contributed by atoms with van der Waals surface area (Å²) in [6.45, 7) is 1.42. The van der Waals surface area contributed by atoms with Gasteiger partial charge in [0.15, 0.2) is 6.10 Å². The number of carbonyl (C=O) groups excluding carboxylic acids is 2. The van der Waals surface area contributed by atoms with E-state index < -0.39 is 24.1 Å². The van der Waals surface area contributed by atoms with Gasteiger partial charge in [0.25, 0.3) is 6.10 Å². The summed E-state index contributed by atoms with van der Waals surface area (Å²) in [6, 6.07) is 0. The lowest BCUT2D eigenvalue weighted by atomic mass is 10.3. The van der Waals surface area contributed by atoms with Crippen LogP contribution in [0.5, 0.6) is 0 Å². The summed E-state index contributed by atoms with van der Waals surface area (Å²) in [5.74, 6) is 0.702. The van der Waals surface area contributed by atoms with Gasteiger partial charge in [0.2, 0.25) is 0 Å². The van der Waals surface area contributed by atoms with E-state index in [1.54, 1.807) is 0 Å². The SMILES string of the molecule is C#C[C@@H]1OC(=O)[C@H](C)OC1=O. The van der Waals surface area contributed by atoms with E-state index in [1.807, 2.05) is 5.92 Å². The molecule has 2 atom stereocenters. The Labute approximate surface area is 63.5 Å². The number of rotatable bonds is 0. The third kappa shape index (κ3) is 1.32. The van der Waals surface area contributed by atoms with Crippen LogP contribution in [0.25, 0.3) is 0 Å². The van der Waals surface area contributed by atoms with Crippen molar-refractivity contribution in [3.8, 4) is 12.3 Å². The van der Waals surface area contributed by atoms with Gasteiger partial charge in [0, 0.05) is 0 Å². The molecule has 58 valence electrons. The first kappa shape index (κ1) is 7.61. The van der Waals surface area contributed by atoms with Crippen LogP contribution in [-0.4, -0.2) is 24.1 Å². The molecule has 0 bridgehead atoms. The first-order chi connectivity index (χ1) is 5.15. The highest BCUT2D eigenvalue weighted by Gasteiger charge is 2.34. The van der Waals surface area contributed by atoms with Crippen LogP contribution in [0.4, 0.5) is 0 Å². The van der Waals surface area contributed by atoms with Gasteiger partial charge in [-0.1, -0.05) is 5.92 Å². The van der Waals surface area contributed by atoms with Gasteiger partial charge in [-0.15, -0.1) is 6.42 Å². The fourth-order valence-corrected chi connectivity index (χ4v) is 0.646. The Hall–Kier alpha value is -1.50. The zero-order valence-corrected chi connectivity index (χ0v) is 5.87. The van der Waals surface area contributed by atoms with Crippen molar-refractivity contribution in [1.82, 2.24) is 0 Å². The Morgan fingerprint density at radius 3 is 2.55 bits per heavy atom. The Bertz CT molecular complexity index is 237. The Balaban J connectivity index is 2.72. The molecule has 1 rings (SSSR count). The van der Waals surface area contributed by atoms with Crippen molar-refractivity contribution in [1.29, 1.82) is 0 Å². The average molecular weight is 154 g/mol. The van der Waals surface area contributed by atoms with Gasteiger partial charge in [-0.25, -0.2) is 9.59 Å². The molecule has 4 heteroatoms. The molecule has 0 aromatic heterocycles. The zero-order valence-electron chi connectivity index (χ0n) is 5.87. The van der Waals surface area contributed by atoms with E-state index in [0.29, 0.717) is 0 Å². The summed E-state index contributed by atoms with van der Waals surface area (Å²) in [5, 5.41) is 0. The predicted octanol–water partition coefficient (Wildman–Crippen LogP) is -0.523. The lowest BCUT2D eigenvalue weighted by Crippen LogP contribution is -2.41. The second-order valence-electron chi connectivity index (χ2n) is 2.06. The van der Waals surface area contributed by atoms with Crippen molar-refractivity contribution >= 4 is 11.9 Å². The Morgan fingerprint density at radius 2 is 2.00 bits per heavy atom. The minimum absolute atomic E-state index is 0.604. The third-order valence-corrected chi connectivity index (χ3v) is 1.22. The smallest absolute Gasteiger partial charge is 0.361 e. The molecule has 0 amide bonds. The monoisotopic (exact) mass is 154 g/mol. The van der Waals surface area contributed by atoms with Crippen molar-refractivity contribution in [3.05, 3.63) is 0 Å². The molecule has 4 nitrogen and oxygen atoms in total. The number of terminal acetylenes is 1. The van der Waals surface area contributed by atoms with Gasteiger partial charge in [0.05, 0.1) is 0 Å². The number of carbonyl (C=O) groups is 2. The van der Waals surface area contributed by atoms with Gasteiger partial charge in [-0.05, 0) is 6.92 Å². The molecule has 0 saturated carbocycles. The van der Waals surface area contributed by atoms with Crippen LogP contribution in [0.2, 0.25) is 0 Å². The van der Waals surface area contributed by atoms with Crippen molar-refractivity contribution in [2.24, 2.45) is 0 Å². The maximum absolute atomic E-state index is 10.7. The second kappa shape index (κ2) is 2.62. The lowest BCUT2D eigenvalue weighted by Gasteiger charge is -2.21. The van der Waals surface area contributed by atoms with Gasteiger partial charge >= 0.3 is 11.9 Å². The predicted molar refractivity (Wildman–Crippen MR) is 34.3 cm³/mol. The summed E-state index contributed by atoms with van der Waals surface area (Å²) >= 11 is 0. The fraction of sp³-hybridized carbons (Fsp3) is 0.429. The lowest BCUT2D eigenvalue weighted by molar-refractivity contribution is -0.188. The van der Waals surface area contributed by atoms with E-state index in [1.165, 1.54) is 6.92 Å². The van der Waals surface area contributed by atoms with E-state index in [0.717, 1.165) is 0 Å². The Morgan fingerprint density at radius 1 is 1.36 bits per heavy atom. The highest BCUT2D eigenvalue weighted by Crippen LogP contribution is 2.08. The molecule has 0 aromatic rings. The van der Waals surface area contributed by atoms with Crippen molar-refractivity contribution < 1.29 is 19.1 Å². The molecule has 0 aromatic carbocycles. The fourth-order valence-electron chi connectivity index (χ4n) is 0.646. The molecular formula is C7H6O4. The normalized spacial score (nSPS) is 30.2. The van der Waals surface area contributed by atoms with Crippen LogP contribution < -0.4 is 0 Å². The average Bonchev–Trinajstić information content (AvgIpc) is 1.97. The quantitative estimate of drug-likeness (QED) is 0.348. The minimum atomic E-state index is -1.17. The molecule has 0 N–H and O–H groups in total. The first-order valence-corrected chi connectivity index (χ1v) is 3.02. The van der Waals surface area contributed by atoms with E-state index in [-0.39, 0.29) is 0 Å². The maximum atomic E-state index is 10.7. The van der Waals surface area contributed by atoms with E-state index in [9.17, 15) is 9.59 Å². The molecular weight excluding hydrogens is 148 g/mol. The van der Waals surface area contributed by atoms with Gasteiger partial charge < -0.3 is 9.47 Å². The minimum Gasteiger partial charge on any atom is -0.447 e. The van der Waals surface area contributed by atoms with E-state index in [4.69, 9.17) is 6.42 Å². The molecule has 11 heavy (non-hydrogen) atoms. The molecule has 0 unspecified atom stereocenters. The topological polar surface area (TPSA) is 52.6 Å². The van der Waals surface area contributed by atoms with Crippen molar-refractivity contribution in [2.75, 3.05) is 0 Å². The molecule has 1 saturated heterocycles. The number of hydrogen-bond acceptors (Lipinski definition) is 4. The van der Waals surface area contributed by atoms with Gasteiger partial charge in [-0.2, -0.15) is 0 Å². The summed E-state index contributed by atoms with van der Waals surface area (Å²) < 4.78 is 9.06. The molecule has 0 radical (unpaired) electrons. The molecule has 1 heterocycles. The number of ether oxygens (including phenoxy) is 2. The summed E-state index contributed by atoms with van der Waals surface area (Å²) in [5.41, 5.74) is 0. The van der Waals surface area contributed by atoms with Crippen LogP contribution in [0, 0.1) is 12.3 Å².